The second-order valence-electron chi connectivity index (χ2n) is 28.2. The first-order chi connectivity index (χ1) is 52.2. The van der Waals surface area contributed by atoms with E-state index >= 15 is 0 Å². The zero-order valence-corrected chi connectivity index (χ0v) is 69.3. The van der Waals surface area contributed by atoms with E-state index in [9.17, 15) is 43.5 Å². The molecule has 16 nitrogen and oxygen atoms in total. The molecule has 4 N–H and O–H groups in total. The van der Waals surface area contributed by atoms with Crippen LogP contribution in [0.4, 0.5) is 0 Å². The lowest BCUT2D eigenvalue weighted by atomic mass is 10.0. The summed E-state index contributed by atoms with van der Waals surface area (Å²) in [6.07, 6.45) is 99.4. The Morgan fingerprint density at radius 1 is 0.271 bits per heavy atom. The number of hydrogen-bond acceptors (Lipinski definition) is 14. The van der Waals surface area contributed by atoms with Gasteiger partial charge in [0.2, 0.25) is 0 Å². The van der Waals surface area contributed by atoms with Crippen LogP contribution in [0.15, 0.2) is 134 Å². The minimum absolute atomic E-state index is 0.100. The Balaban J connectivity index is 4.47. The van der Waals surface area contributed by atoms with Crippen LogP contribution in [0.25, 0.3) is 0 Å². The number of rotatable bonds is 80. The number of ether oxygens (including phenoxy) is 3. The van der Waals surface area contributed by atoms with Crippen LogP contribution in [0, 0.1) is 0 Å². The van der Waals surface area contributed by atoms with Gasteiger partial charge in [-0.05, 0) is 116 Å². The molecule has 0 aromatic heterocycles. The average Bonchev–Trinajstić information content (AvgIpc) is 0.912. The van der Waals surface area contributed by atoms with E-state index in [1.165, 1.54) is 154 Å². The van der Waals surface area contributed by atoms with Crippen molar-refractivity contribution in [2.45, 2.75) is 373 Å². The molecule has 0 aromatic carbocycles. The topological polar surface area (TPSA) is 231 Å². The summed E-state index contributed by atoms with van der Waals surface area (Å²) in [6, 6.07) is 0. The number of phosphoric acid groups is 2. The van der Waals surface area contributed by atoms with E-state index in [1.54, 1.807) is 0 Å². The third-order valence-electron chi connectivity index (χ3n) is 17.9. The minimum atomic E-state index is -4.94. The first-order valence-electron chi connectivity index (χ1n) is 42.5. The Morgan fingerprint density at radius 3 is 0.785 bits per heavy atom. The molecule has 0 spiro atoms. The number of unbranched alkanes of at least 4 members (excludes halogenated alkanes) is 35. The number of aliphatic hydroxyl groups is 2. The number of carbonyl (C=O) groups is 3. The number of allylic oxidation sites excluding steroid dienone is 22. The Morgan fingerprint density at radius 2 is 0.495 bits per heavy atom. The summed E-state index contributed by atoms with van der Waals surface area (Å²) >= 11 is 0. The molecule has 5 atom stereocenters. The fraction of sp³-hybridized carbons (Fsp3) is 0.719. The summed E-state index contributed by atoms with van der Waals surface area (Å²) in [5.41, 5.74) is 0. The summed E-state index contributed by atoms with van der Waals surface area (Å²) < 4.78 is 61.2. The maximum absolute atomic E-state index is 13.0. The average molecular weight is 1540 g/mol. The van der Waals surface area contributed by atoms with Crippen LogP contribution in [-0.2, 0) is 55.8 Å². The number of aliphatic hydroxyl groups excluding tert-OH is 2. The Labute approximate surface area is 652 Å². The SMILES string of the molecule is CC/C=C\C/C=C\C/C=C\C/C=C\C/C=C\C/C=C\CCCCCCC(=O)OCC(COP(=O)(O)OCC(O)COP(=O)(O)OCC(O)COC(=O)CCCCCCCCCCCCCCCCCCC/C=C\C/C=C\C/C=C\C/C=C\C/C=C\CC)OC(=O)CCCCCCCCCCCCCCCCC. The van der Waals surface area contributed by atoms with Crippen molar-refractivity contribution in [3.63, 3.8) is 0 Å². The normalized spacial score (nSPS) is 14.6. The van der Waals surface area contributed by atoms with E-state index in [2.05, 4.69) is 154 Å². The molecule has 0 aromatic rings. The van der Waals surface area contributed by atoms with Crippen molar-refractivity contribution >= 4 is 33.6 Å². The lowest BCUT2D eigenvalue weighted by molar-refractivity contribution is -0.161. The van der Waals surface area contributed by atoms with Crippen molar-refractivity contribution in [2.24, 2.45) is 0 Å². The molecule has 18 heteroatoms. The highest BCUT2D eigenvalue weighted by atomic mass is 31.2. The first kappa shape index (κ1) is 103. The van der Waals surface area contributed by atoms with Crippen molar-refractivity contribution in [3.8, 4) is 0 Å². The molecule has 0 aliphatic heterocycles. The summed E-state index contributed by atoms with van der Waals surface area (Å²) in [7, 11) is -9.80. The molecule has 616 valence electrons. The van der Waals surface area contributed by atoms with Gasteiger partial charge < -0.3 is 34.2 Å². The van der Waals surface area contributed by atoms with E-state index in [-0.39, 0.29) is 19.3 Å². The van der Waals surface area contributed by atoms with Crippen molar-refractivity contribution in [1.82, 2.24) is 0 Å². The van der Waals surface area contributed by atoms with E-state index in [4.69, 9.17) is 32.3 Å². The van der Waals surface area contributed by atoms with Gasteiger partial charge in [0, 0.05) is 19.3 Å². The Kier molecular flexibility index (Phi) is 77.9. The zero-order valence-electron chi connectivity index (χ0n) is 67.5. The maximum atomic E-state index is 13.0. The molecule has 0 radical (unpaired) electrons. The van der Waals surface area contributed by atoms with Crippen molar-refractivity contribution in [1.29, 1.82) is 0 Å². The van der Waals surface area contributed by atoms with Gasteiger partial charge in [-0.25, -0.2) is 9.13 Å². The third kappa shape index (κ3) is 82.5. The van der Waals surface area contributed by atoms with Gasteiger partial charge in [-0.2, -0.15) is 0 Å². The van der Waals surface area contributed by atoms with E-state index in [0.29, 0.717) is 19.3 Å². The Bertz CT molecular complexity index is 2480. The molecule has 0 saturated heterocycles. The fourth-order valence-electron chi connectivity index (χ4n) is 11.5. The molecule has 5 unspecified atom stereocenters. The van der Waals surface area contributed by atoms with Crippen LogP contribution in [0.1, 0.15) is 355 Å². The largest absolute Gasteiger partial charge is 0.472 e. The molecule has 0 aliphatic carbocycles. The standard InChI is InChI=1S/C89H154O16P2/c1-4-7-10-13-16-19-22-25-28-30-32-34-36-37-38-39-40-41-42-43-44-45-47-49-50-52-55-57-60-63-66-69-72-75-87(92)99-78-84(90)79-101-106(95,96)102-80-85(91)81-103-107(97,98)104-83-86(105-89(94)77-74-71-68-65-62-59-54-27-24-21-18-15-12-9-6-3)82-100-88(93)76-73-70-67-64-61-58-56-53-51-48-46-35-33-31-29-26-23-20-17-14-11-8-5-2/h7-8,10-11,16-17,19-20,25-26,28-29,32-35,37-38,48,51,56,58,84-86,90-91H,4-6,9,12-15,18,21-24,27,30-31,36,39-47,49-50,52-55,57,59-83H2,1-3H3,(H,95,96)(H,97,98)/b10-7-,11-8-,19-16-,20-17-,28-25-,29-26-,34-32-,35-33-,38-37-,51-48-,58-56-. The summed E-state index contributed by atoms with van der Waals surface area (Å²) in [5, 5.41) is 20.7. The van der Waals surface area contributed by atoms with Crippen LogP contribution in [0.2, 0.25) is 0 Å². The molecule has 0 amide bonds. The number of phosphoric ester groups is 2. The third-order valence-corrected chi connectivity index (χ3v) is 19.8. The highest BCUT2D eigenvalue weighted by Gasteiger charge is 2.29. The molecular formula is C89H154O16P2. The van der Waals surface area contributed by atoms with Gasteiger partial charge >= 0.3 is 33.6 Å². The molecular weight excluding hydrogens is 1390 g/mol. The highest BCUT2D eigenvalue weighted by molar-refractivity contribution is 7.47. The first-order valence-corrected chi connectivity index (χ1v) is 45.5. The quantitative estimate of drug-likeness (QED) is 0.0146. The molecule has 0 bridgehead atoms. The fourth-order valence-corrected chi connectivity index (χ4v) is 13.1. The maximum Gasteiger partial charge on any atom is 0.472 e. The van der Waals surface area contributed by atoms with Gasteiger partial charge in [0.25, 0.3) is 0 Å². The number of esters is 3. The van der Waals surface area contributed by atoms with E-state index < -0.39 is 91.5 Å². The van der Waals surface area contributed by atoms with Crippen LogP contribution >= 0.6 is 15.6 Å². The molecule has 107 heavy (non-hydrogen) atoms. The smallest absolute Gasteiger partial charge is 0.463 e. The van der Waals surface area contributed by atoms with Crippen molar-refractivity contribution in [3.05, 3.63) is 134 Å². The molecule has 0 rings (SSSR count). The summed E-state index contributed by atoms with van der Waals surface area (Å²) in [6.45, 7) is 2.47. The predicted molar refractivity (Wildman–Crippen MR) is 445 cm³/mol. The monoisotopic (exact) mass is 1540 g/mol. The molecule has 0 heterocycles. The van der Waals surface area contributed by atoms with Crippen LogP contribution in [-0.4, -0.2) is 95.9 Å². The lowest BCUT2D eigenvalue weighted by Gasteiger charge is -2.21. The zero-order chi connectivity index (χ0) is 78.0. The molecule has 0 aliphatic rings. The van der Waals surface area contributed by atoms with Gasteiger partial charge in [0.1, 0.15) is 25.4 Å². The minimum Gasteiger partial charge on any atom is -0.463 e. The number of hydrogen-bond donors (Lipinski definition) is 4. The van der Waals surface area contributed by atoms with Gasteiger partial charge in [0.05, 0.1) is 26.4 Å². The second-order valence-corrected chi connectivity index (χ2v) is 31.1. The van der Waals surface area contributed by atoms with Crippen LogP contribution in [0.3, 0.4) is 0 Å². The summed E-state index contributed by atoms with van der Waals surface area (Å²) in [5.74, 6) is -1.59. The van der Waals surface area contributed by atoms with Crippen LogP contribution in [0.5, 0.6) is 0 Å². The van der Waals surface area contributed by atoms with E-state index in [1.807, 2.05) is 0 Å². The van der Waals surface area contributed by atoms with Crippen molar-refractivity contribution in [2.75, 3.05) is 39.6 Å². The highest BCUT2D eigenvalue weighted by Crippen LogP contribution is 2.45. The lowest BCUT2D eigenvalue weighted by Crippen LogP contribution is -2.30. The van der Waals surface area contributed by atoms with Gasteiger partial charge in [-0.15, -0.1) is 0 Å². The number of carbonyl (C=O) groups excluding carboxylic acids is 3. The van der Waals surface area contributed by atoms with E-state index in [0.717, 1.165) is 141 Å². The van der Waals surface area contributed by atoms with Gasteiger partial charge in [0.15, 0.2) is 6.10 Å². The van der Waals surface area contributed by atoms with Crippen molar-refractivity contribution < 1.29 is 75.8 Å². The van der Waals surface area contributed by atoms with Gasteiger partial charge in [-0.1, -0.05) is 353 Å². The molecule has 0 saturated carbocycles. The second kappa shape index (κ2) is 81.2. The van der Waals surface area contributed by atoms with Gasteiger partial charge in [-0.3, -0.25) is 32.5 Å². The van der Waals surface area contributed by atoms with Crippen LogP contribution < -0.4 is 0 Å². The summed E-state index contributed by atoms with van der Waals surface area (Å²) in [4.78, 5) is 58.7. The Hall–Kier alpha value is -4.31. The molecule has 0 fully saturated rings. The predicted octanol–water partition coefficient (Wildman–Crippen LogP) is 25.4.